The summed E-state index contributed by atoms with van der Waals surface area (Å²) in [6, 6.07) is 1.78. The van der Waals surface area contributed by atoms with Crippen LogP contribution in [0.1, 0.15) is 30.3 Å². The highest BCUT2D eigenvalue weighted by atomic mass is 15.2. The molecule has 1 fully saturated rings. The van der Waals surface area contributed by atoms with E-state index in [0.29, 0.717) is 17.7 Å². The Balaban J connectivity index is 1.39. The van der Waals surface area contributed by atoms with Crippen molar-refractivity contribution in [2.75, 3.05) is 18.4 Å². The zero-order chi connectivity index (χ0) is 17.8. The van der Waals surface area contributed by atoms with Gasteiger partial charge in [0.1, 0.15) is 5.82 Å². The molecule has 0 unspecified atom stereocenters. The van der Waals surface area contributed by atoms with E-state index in [1.807, 2.05) is 25.6 Å². The van der Waals surface area contributed by atoms with Crippen LogP contribution in [0.15, 0.2) is 43.2 Å². The van der Waals surface area contributed by atoms with Crippen LogP contribution in [-0.2, 0) is 13.6 Å². The van der Waals surface area contributed by atoms with E-state index in [9.17, 15) is 0 Å². The Labute approximate surface area is 152 Å². The molecule has 0 amide bonds. The third kappa shape index (κ3) is 3.85. The summed E-state index contributed by atoms with van der Waals surface area (Å²) < 4.78 is 2.08. The molecular weight excluding hydrogens is 328 g/mol. The third-order valence-corrected chi connectivity index (χ3v) is 4.69. The molecule has 0 bridgehead atoms. The van der Waals surface area contributed by atoms with Crippen LogP contribution in [0.3, 0.4) is 0 Å². The number of hydrogen-bond donors (Lipinski definition) is 1. The molecule has 0 spiro atoms. The van der Waals surface area contributed by atoms with Crippen LogP contribution in [0.5, 0.6) is 0 Å². The number of piperidine rings is 1. The molecule has 8 nitrogen and oxygen atoms in total. The predicted molar refractivity (Wildman–Crippen MR) is 97.8 cm³/mol. The molecule has 134 valence electrons. The lowest BCUT2D eigenvalue weighted by Crippen LogP contribution is -2.35. The normalized spacial score (nSPS) is 18.0. The summed E-state index contributed by atoms with van der Waals surface area (Å²) in [5.41, 5.74) is 1.04. The van der Waals surface area contributed by atoms with Crippen LogP contribution in [0.25, 0.3) is 0 Å². The highest BCUT2D eigenvalue weighted by Gasteiger charge is 2.23. The van der Waals surface area contributed by atoms with Crippen molar-refractivity contribution in [3.63, 3.8) is 0 Å². The summed E-state index contributed by atoms with van der Waals surface area (Å²) >= 11 is 0. The van der Waals surface area contributed by atoms with E-state index in [2.05, 4.69) is 39.7 Å². The predicted octanol–water partition coefficient (Wildman–Crippen LogP) is 2.12. The van der Waals surface area contributed by atoms with Crippen molar-refractivity contribution < 1.29 is 0 Å². The maximum Gasteiger partial charge on any atom is 0.228 e. The van der Waals surface area contributed by atoms with Crippen molar-refractivity contribution in [2.45, 2.75) is 25.3 Å². The Morgan fingerprint density at radius 1 is 1.08 bits per heavy atom. The first-order valence-electron chi connectivity index (χ1n) is 8.82. The number of anilines is 2. The molecule has 4 rings (SSSR count). The lowest BCUT2D eigenvalue weighted by atomic mass is 9.95. The topological polar surface area (TPSA) is 84.7 Å². The Morgan fingerprint density at radius 3 is 2.69 bits per heavy atom. The zero-order valence-electron chi connectivity index (χ0n) is 14.8. The van der Waals surface area contributed by atoms with Gasteiger partial charge in [-0.3, -0.25) is 9.88 Å². The quantitative estimate of drug-likeness (QED) is 0.754. The molecule has 1 saturated heterocycles. The first-order valence-corrected chi connectivity index (χ1v) is 8.82. The van der Waals surface area contributed by atoms with Gasteiger partial charge in [0.25, 0.3) is 0 Å². The van der Waals surface area contributed by atoms with E-state index in [1.165, 1.54) is 0 Å². The highest BCUT2D eigenvalue weighted by Crippen LogP contribution is 2.26. The van der Waals surface area contributed by atoms with Gasteiger partial charge in [0.15, 0.2) is 5.82 Å². The first kappa shape index (κ1) is 16.6. The van der Waals surface area contributed by atoms with Crippen molar-refractivity contribution >= 4 is 11.8 Å². The average Bonchev–Trinajstić information content (AvgIpc) is 3.08. The van der Waals surface area contributed by atoms with Gasteiger partial charge >= 0.3 is 0 Å². The minimum absolute atomic E-state index is 0.401. The molecule has 4 heterocycles. The van der Waals surface area contributed by atoms with Gasteiger partial charge < -0.3 is 9.88 Å². The van der Waals surface area contributed by atoms with Gasteiger partial charge in [-0.1, -0.05) is 0 Å². The van der Waals surface area contributed by atoms with Crippen molar-refractivity contribution in [2.24, 2.45) is 7.05 Å². The molecule has 0 aliphatic carbocycles. The van der Waals surface area contributed by atoms with Crippen molar-refractivity contribution in [3.05, 3.63) is 54.8 Å². The second-order valence-electron chi connectivity index (χ2n) is 6.55. The van der Waals surface area contributed by atoms with Gasteiger partial charge in [0, 0.05) is 44.3 Å². The number of nitrogens with zero attached hydrogens (tertiary/aromatic N) is 7. The Morgan fingerprint density at radius 2 is 1.96 bits per heavy atom. The van der Waals surface area contributed by atoms with E-state index in [4.69, 9.17) is 0 Å². The average molecular weight is 350 g/mol. The molecule has 0 radical (unpaired) electrons. The highest BCUT2D eigenvalue weighted by molar-refractivity contribution is 5.45. The second kappa shape index (κ2) is 7.57. The number of hydrogen-bond acceptors (Lipinski definition) is 7. The Kier molecular flexibility index (Phi) is 4.83. The number of aryl methyl sites for hydroxylation is 1. The largest absolute Gasteiger partial charge is 0.337 e. The van der Waals surface area contributed by atoms with Crippen molar-refractivity contribution in [1.29, 1.82) is 0 Å². The van der Waals surface area contributed by atoms with Crippen LogP contribution >= 0.6 is 0 Å². The second-order valence-corrected chi connectivity index (χ2v) is 6.55. The van der Waals surface area contributed by atoms with Crippen LogP contribution in [0.2, 0.25) is 0 Å². The van der Waals surface area contributed by atoms with Gasteiger partial charge in [0.05, 0.1) is 24.6 Å². The monoisotopic (exact) mass is 350 g/mol. The van der Waals surface area contributed by atoms with Gasteiger partial charge in [0.2, 0.25) is 5.95 Å². The summed E-state index contributed by atoms with van der Waals surface area (Å²) in [5.74, 6) is 2.67. The minimum atomic E-state index is 0.401. The summed E-state index contributed by atoms with van der Waals surface area (Å²) in [7, 11) is 2.04. The summed E-state index contributed by atoms with van der Waals surface area (Å²) in [6.45, 7) is 2.95. The first-order chi connectivity index (χ1) is 12.8. The fourth-order valence-electron chi connectivity index (χ4n) is 3.28. The number of rotatable bonds is 5. The van der Waals surface area contributed by atoms with Crippen LogP contribution in [0, 0.1) is 0 Å². The Bertz CT molecular complexity index is 830. The summed E-state index contributed by atoms with van der Waals surface area (Å²) in [6.07, 6.45) is 13.1. The molecule has 8 heteroatoms. The summed E-state index contributed by atoms with van der Waals surface area (Å²) in [4.78, 5) is 24.2. The molecule has 1 aliphatic rings. The van der Waals surface area contributed by atoms with Gasteiger partial charge in [-0.2, -0.15) is 0 Å². The molecule has 1 atom stereocenters. The van der Waals surface area contributed by atoms with E-state index >= 15 is 0 Å². The Hall–Kier alpha value is -2.87. The molecule has 3 aromatic rings. The molecular formula is C18H22N8. The molecule has 1 aliphatic heterocycles. The maximum absolute atomic E-state index is 4.62. The number of nitrogens with one attached hydrogen (secondary N) is 1. The lowest BCUT2D eigenvalue weighted by molar-refractivity contribution is 0.192. The van der Waals surface area contributed by atoms with E-state index in [0.717, 1.165) is 44.0 Å². The third-order valence-electron chi connectivity index (χ3n) is 4.69. The van der Waals surface area contributed by atoms with E-state index in [1.54, 1.807) is 24.7 Å². The minimum Gasteiger partial charge on any atom is -0.337 e. The molecule has 1 N–H and O–H groups in total. The van der Waals surface area contributed by atoms with Crippen LogP contribution in [-0.4, -0.2) is 47.5 Å². The molecule has 26 heavy (non-hydrogen) atoms. The number of imidazole rings is 1. The fraction of sp³-hybridized carbons (Fsp3) is 0.389. The van der Waals surface area contributed by atoms with Crippen molar-refractivity contribution in [3.8, 4) is 0 Å². The number of aromatic nitrogens is 6. The summed E-state index contributed by atoms with van der Waals surface area (Å²) in [5, 5.41) is 3.06. The van der Waals surface area contributed by atoms with Gasteiger partial charge in [-0.05, 0) is 25.5 Å². The molecule has 3 aromatic heterocycles. The fourth-order valence-corrected chi connectivity index (χ4v) is 3.28. The SMILES string of the molecule is Cn1ccnc1CN1CCC[C@H](c2cnc(Nc3ncccn3)cn2)C1. The van der Waals surface area contributed by atoms with Gasteiger partial charge in [-0.25, -0.2) is 19.9 Å². The van der Waals surface area contributed by atoms with E-state index < -0.39 is 0 Å². The molecule has 0 saturated carbocycles. The van der Waals surface area contributed by atoms with Crippen LogP contribution < -0.4 is 5.32 Å². The number of likely N-dealkylation sites (tertiary alicyclic amines) is 1. The maximum atomic E-state index is 4.62. The van der Waals surface area contributed by atoms with Gasteiger partial charge in [-0.15, -0.1) is 0 Å². The lowest BCUT2D eigenvalue weighted by Gasteiger charge is -2.32. The van der Waals surface area contributed by atoms with Crippen molar-refractivity contribution in [1.82, 2.24) is 34.4 Å². The molecule has 0 aromatic carbocycles. The van der Waals surface area contributed by atoms with E-state index in [-0.39, 0.29) is 0 Å². The zero-order valence-corrected chi connectivity index (χ0v) is 14.8. The van der Waals surface area contributed by atoms with Crippen LogP contribution in [0.4, 0.5) is 11.8 Å². The smallest absolute Gasteiger partial charge is 0.228 e. The standard InChI is InChI=1S/C18H22N8/c1-25-9-7-19-17(25)13-26-8-2-4-14(12-26)15-10-23-16(11-22-15)24-18-20-5-3-6-21-18/h3,5-7,9-11,14H,2,4,8,12-13H2,1H3,(H,20,21,23,24)/t14-/m0/s1.